The summed E-state index contributed by atoms with van der Waals surface area (Å²) in [5, 5.41) is 24.5. The number of carboxylic acid groups (broad SMARTS) is 1. The van der Waals surface area contributed by atoms with Gasteiger partial charge in [-0.1, -0.05) is 6.07 Å². The standard InChI is InChI=1S/C21H17F6N3O7/c22-8-2-1-3-9(23)18(8)30-21(36)20(35)28-6-14(32)29-12(5-15(33)34)13(31)7-37-19-16(26)10(24)4-11(25)17(19)27/h1-4,12,14,29,32H,5-7H2,(H,28,35)(H,30,36)(H,33,34)/t12-,14?/m0/s1. The third kappa shape index (κ3) is 7.91. The molecule has 0 bridgehead atoms. The second-order valence-corrected chi connectivity index (χ2v) is 7.15. The first-order chi connectivity index (χ1) is 17.3. The van der Waals surface area contributed by atoms with Crippen LogP contribution in [0.1, 0.15) is 6.42 Å². The smallest absolute Gasteiger partial charge is 0.313 e. The van der Waals surface area contributed by atoms with E-state index in [-0.39, 0.29) is 6.07 Å². The van der Waals surface area contributed by atoms with E-state index in [2.05, 4.69) is 4.74 Å². The molecule has 10 nitrogen and oxygen atoms in total. The van der Waals surface area contributed by atoms with Crippen molar-refractivity contribution in [2.75, 3.05) is 18.5 Å². The summed E-state index contributed by atoms with van der Waals surface area (Å²) >= 11 is 0. The number of aliphatic hydroxyl groups excluding tert-OH is 1. The number of nitrogens with one attached hydrogen (secondary N) is 3. The summed E-state index contributed by atoms with van der Waals surface area (Å²) in [6.07, 6.45) is -2.93. The van der Waals surface area contributed by atoms with Crippen LogP contribution in [0.2, 0.25) is 0 Å². The topological polar surface area (TPSA) is 154 Å². The number of carbonyl (C=O) groups is 4. The lowest BCUT2D eigenvalue weighted by atomic mass is 10.1. The number of hydrogen-bond donors (Lipinski definition) is 5. The summed E-state index contributed by atoms with van der Waals surface area (Å²) < 4.78 is 85.4. The molecule has 2 amide bonds. The van der Waals surface area contributed by atoms with Gasteiger partial charge < -0.3 is 25.6 Å². The van der Waals surface area contributed by atoms with Gasteiger partial charge in [-0.05, 0) is 12.1 Å². The van der Waals surface area contributed by atoms with Gasteiger partial charge >= 0.3 is 17.8 Å². The van der Waals surface area contributed by atoms with Gasteiger partial charge in [0.2, 0.25) is 11.6 Å². The molecule has 0 spiro atoms. The van der Waals surface area contributed by atoms with Crippen LogP contribution in [0.4, 0.5) is 32.0 Å². The lowest BCUT2D eigenvalue weighted by Crippen LogP contribution is -2.51. The van der Waals surface area contributed by atoms with E-state index >= 15 is 0 Å². The number of para-hydroxylation sites is 1. The predicted octanol–water partition coefficient (Wildman–Crippen LogP) is 0.975. The maximum Gasteiger partial charge on any atom is 0.313 e. The molecule has 0 aliphatic rings. The Morgan fingerprint density at radius 3 is 2.00 bits per heavy atom. The van der Waals surface area contributed by atoms with Gasteiger partial charge in [-0.2, -0.15) is 8.78 Å². The fraction of sp³-hybridized carbons (Fsp3) is 0.238. The molecule has 16 heteroatoms. The van der Waals surface area contributed by atoms with Crippen molar-refractivity contribution in [3.05, 3.63) is 59.2 Å². The lowest BCUT2D eigenvalue weighted by molar-refractivity contribution is -0.140. The highest BCUT2D eigenvalue weighted by Gasteiger charge is 2.27. The highest BCUT2D eigenvalue weighted by atomic mass is 19.2. The minimum Gasteiger partial charge on any atom is -0.481 e. The number of aliphatic hydroxyl groups is 1. The van der Waals surface area contributed by atoms with E-state index < -0.39 is 102 Å². The first-order valence-electron chi connectivity index (χ1n) is 9.99. The summed E-state index contributed by atoms with van der Waals surface area (Å²) in [7, 11) is 0. The Hall–Kier alpha value is -4.18. The molecular weight excluding hydrogens is 520 g/mol. The molecule has 200 valence electrons. The number of Topliss-reactive ketones (excluding diaryl/α,β-unsaturated/α-hetero) is 1. The van der Waals surface area contributed by atoms with Crippen LogP contribution in [-0.2, 0) is 19.2 Å². The lowest BCUT2D eigenvalue weighted by Gasteiger charge is -2.21. The first-order valence-corrected chi connectivity index (χ1v) is 9.99. The van der Waals surface area contributed by atoms with E-state index in [9.17, 15) is 50.6 Å². The number of carboxylic acids is 1. The highest BCUT2D eigenvalue weighted by molar-refractivity contribution is 6.39. The maximum absolute atomic E-state index is 13.7. The van der Waals surface area contributed by atoms with Gasteiger partial charge in [0.1, 0.15) is 30.2 Å². The molecule has 0 saturated carbocycles. The molecule has 2 atom stereocenters. The number of rotatable bonds is 11. The summed E-state index contributed by atoms with van der Waals surface area (Å²) in [5.74, 6) is -17.3. The van der Waals surface area contributed by atoms with Gasteiger partial charge in [-0.25, -0.2) is 17.6 Å². The van der Waals surface area contributed by atoms with Crippen LogP contribution in [0.25, 0.3) is 0 Å². The minimum absolute atomic E-state index is 0.105. The van der Waals surface area contributed by atoms with Crippen molar-refractivity contribution in [3.63, 3.8) is 0 Å². The molecule has 0 aliphatic heterocycles. The zero-order valence-corrected chi connectivity index (χ0v) is 18.3. The van der Waals surface area contributed by atoms with E-state index in [1.54, 1.807) is 5.32 Å². The van der Waals surface area contributed by atoms with Crippen LogP contribution in [0.15, 0.2) is 24.3 Å². The average Bonchev–Trinajstić information content (AvgIpc) is 2.82. The monoisotopic (exact) mass is 537 g/mol. The molecule has 0 radical (unpaired) electrons. The van der Waals surface area contributed by atoms with Crippen molar-refractivity contribution in [3.8, 4) is 5.75 Å². The molecule has 2 aromatic carbocycles. The third-order valence-electron chi connectivity index (χ3n) is 4.45. The molecule has 0 saturated heterocycles. The van der Waals surface area contributed by atoms with Gasteiger partial charge in [0.05, 0.1) is 19.0 Å². The van der Waals surface area contributed by atoms with Crippen LogP contribution >= 0.6 is 0 Å². The fourth-order valence-electron chi connectivity index (χ4n) is 2.71. The second kappa shape index (κ2) is 12.7. The Labute approximate surface area is 203 Å². The molecule has 2 rings (SSSR count). The Morgan fingerprint density at radius 2 is 1.46 bits per heavy atom. The van der Waals surface area contributed by atoms with Gasteiger partial charge in [0.25, 0.3) is 0 Å². The van der Waals surface area contributed by atoms with Crippen molar-refractivity contribution >= 4 is 29.3 Å². The third-order valence-corrected chi connectivity index (χ3v) is 4.45. The van der Waals surface area contributed by atoms with Crippen molar-refractivity contribution in [2.24, 2.45) is 0 Å². The number of benzene rings is 2. The van der Waals surface area contributed by atoms with E-state index in [1.807, 2.05) is 10.6 Å². The number of halogens is 6. The van der Waals surface area contributed by atoms with E-state index in [0.29, 0.717) is 0 Å². The molecule has 0 fully saturated rings. The van der Waals surface area contributed by atoms with Crippen LogP contribution in [0.3, 0.4) is 0 Å². The van der Waals surface area contributed by atoms with Crippen LogP contribution in [0, 0.1) is 34.9 Å². The molecule has 2 aromatic rings. The Kier molecular flexibility index (Phi) is 9.96. The van der Waals surface area contributed by atoms with Crippen molar-refractivity contribution in [1.29, 1.82) is 0 Å². The van der Waals surface area contributed by atoms with Crippen LogP contribution in [-0.4, -0.2) is 59.2 Å². The van der Waals surface area contributed by atoms with E-state index in [0.717, 1.165) is 18.2 Å². The minimum atomic E-state index is -1.95. The van der Waals surface area contributed by atoms with Crippen molar-refractivity contribution in [2.45, 2.75) is 18.7 Å². The van der Waals surface area contributed by atoms with Gasteiger partial charge in [-0.3, -0.25) is 24.5 Å². The fourth-order valence-corrected chi connectivity index (χ4v) is 2.71. The molecular formula is C21H17F6N3O7. The number of carbonyl (C=O) groups excluding carboxylic acids is 3. The number of hydrogen-bond acceptors (Lipinski definition) is 7. The zero-order valence-electron chi connectivity index (χ0n) is 18.3. The van der Waals surface area contributed by atoms with E-state index in [1.165, 1.54) is 0 Å². The Balaban J connectivity index is 1.97. The largest absolute Gasteiger partial charge is 0.481 e. The first kappa shape index (κ1) is 29.1. The summed E-state index contributed by atoms with van der Waals surface area (Å²) in [6.45, 7) is -2.13. The van der Waals surface area contributed by atoms with Gasteiger partial charge in [0, 0.05) is 6.07 Å². The summed E-state index contributed by atoms with van der Waals surface area (Å²) in [4.78, 5) is 46.9. The van der Waals surface area contributed by atoms with Gasteiger partial charge in [0.15, 0.2) is 23.2 Å². The van der Waals surface area contributed by atoms with Crippen molar-refractivity contribution in [1.82, 2.24) is 10.6 Å². The second-order valence-electron chi connectivity index (χ2n) is 7.15. The quantitative estimate of drug-likeness (QED) is 0.123. The number of ketones is 1. The molecule has 0 aliphatic carbocycles. The molecule has 1 unspecified atom stereocenters. The summed E-state index contributed by atoms with van der Waals surface area (Å²) in [5.41, 5.74) is -0.917. The molecule has 0 heterocycles. The maximum atomic E-state index is 13.7. The van der Waals surface area contributed by atoms with Crippen molar-refractivity contribution < 1.29 is 60.5 Å². The van der Waals surface area contributed by atoms with E-state index in [4.69, 9.17) is 5.11 Å². The zero-order chi connectivity index (χ0) is 27.9. The van der Waals surface area contributed by atoms with Crippen LogP contribution in [0.5, 0.6) is 5.75 Å². The average molecular weight is 537 g/mol. The highest BCUT2D eigenvalue weighted by Crippen LogP contribution is 2.26. The number of ether oxygens (including phenoxy) is 1. The molecule has 5 N–H and O–H groups in total. The Bertz CT molecular complexity index is 1170. The Morgan fingerprint density at radius 1 is 0.892 bits per heavy atom. The summed E-state index contributed by atoms with van der Waals surface area (Å²) in [6, 6.07) is 0.704. The number of amides is 2. The predicted molar refractivity (Wildman–Crippen MR) is 110 cm³/mol. The van der Waals surface area contributed by atoms with Crippen LogP contribution < -0.4 is 20.7 Å². The number of anilines is 1. The SMILES string of the molecule is O=C(O)C[C@H](NC(O)CNC(=O)C(=O)Nc1c(F)cccc1F)C(=O)COc1c(F)c(F)cc(F)c1F. The number of aliphatic carboxylic acids is 1. The van der Waals surface area contributed by atoms with Gasteiger partial charge in [-0.15, -0.1) is 0 Å². The molecule has 37 heavy (non-hydrogen) atoms. The normalized spacial score (nSPS) is 12.4. The molecule has 0 aromatic heterocycles.